The third kappa shape index (κ3) is 5.00. The van der Waals surface area contributed by atoms with Crippen molar-refractivity contribution in [1.29, 1.82) is 0 Å². The van der Waals surface area contributed by atoms with E-state index in [4.69, 9.17) is 5.53 Å². The predicted molar refractivity (Wildman–Crippen MR) is 111 cm³/mol. The Morgan fingerprint density at radius 2 is 1.84 bits per heavy atom. The first-order valence-electron chi connectivity index (χ1n) is 10.2. The van der Waals surface area contributed by atoms with Crippen LogP contribution in [0.1, 0.15) is 65.7 Å². The number of fused-ring (bicyclic) bond motifs is 1. The second-order valence-corrected chi connectivity index (χ2v) is 8.94. The van der Waals surface area contributed by atoms with Crippen molar-refractivity contribution in [3.8, 4) is 0 Å². The van der Waals surface area contributed by atoms with Crippen LogP contribution in [0.5, 0.6) is 0 Å². The molecule has 0 bridgehead atoms. The first kappa shape index (κ1) is 22.6. The Kier molecular flexibility index (Phi) is 7.54. The average molecular weight is 446 g/mol. The van der Waals surface area contributed by atoms with Gasteiger partial charge < -0.3 is 0 Å². The van der Waals surface area contributed by atoms with Crippen molar-refractivity contribution in [2.75, 3.05) is 12.3 Å². The molecular formula is C20H23N5O5S. The molecule has 31 heavy (non-hydrogen) atoms. The van der Waals surface area contributed by atoms with E-state index in [1.807, 2.05) is 0 Å². The fourth-order valence-corrected chi connectivity index (χ4v) is 5.12. The maximum Gasteiger partial charge on any atom is 0.263 e. The number of azide groups is 1. The number of amides is 4. The van der Waals surface area contributed by atoms with Crippen LogP contribution in [0.25, 0.3) is 10.4 Å². The number of imide groups is 2. The number of unbranched alkanes of at least 4 members (excludes halogenated alkanes) is 4. The van der Waals surface area contributed by atoms with E-state index in [9.17, 15) is 23.4 Å². The molecule has 164 valence electrons. The van der Waals surface area contributed by atoms with Gasteiger partial charge in [0.15, 0.2) is 0 Å². The molecule has 1 N–H and O–H groups in total. The number of rotatable bonds is 10. The number of carbonyl (C=O) groups excluding carboxylic acids is 4. The van der Waals surface area contributed by atoms with Crippen LogP contribution in [0, 0.1) is 0 Å². The lowest BCUT2D eigenvalue weighted by molar-refractivity contribution is -0.136. The SMILES string of the molecule is [N-]=[N+]=NCCCCCCCS(=O)c1cccc2c1C(=O)N(C1CCC(=O)NC1=O)C2=O. The van der Waals surface area contributed by atoms with E-state index in [1.165, 1.54) is 6.07 Å². The van der Waals surface area contributed by atoms with Crippen molar-refractivity contribution < 1.29 is 23.4 Å². The lowest BCUT2D eigenvalue weighted by Crippen LogP contribution is -2.54. The molecule has 2 atom stereocenters. The first-order chi connectivity index (χ1) is 15.0. The Labute approximate surface area is 181 Å². The third-order valence-corrected chi connectivity index (χ3v) is 6.82. The molecule has 2 aliphatic rings. The molecular weight excluding hydrogens is 422 g/mol. The highest BCUT2D eigenvalue weighted by Gasteiger charge is 2.45. The Hall–Kier alpha value is -3.04. The zero-order valence-corrected chi connectivity index (χ0v) is 17.7. The minimum Gasteiger partial charge on any atom is -0.295 e. The molecule has 2 aliphatic heterocycles. The average Bonchev–Trinajstić information content (AvgIpc) is 3.00. The van der Waals surface area contributed by atoms with Gasteiger partial charge in [0.05, 0.1) is 26.8 Å². The van der Waals surface area contributed by atoms with Crippen LogP contribution in [0.3, 0.4) is 0 Å². The van der Waals surface area contributed by atoms with E-state index in [1.54, 1.807) is 12.1 Å². The van der Waals surface area contributed by atoms with Crippen molar-refractivity contribution in [1.82, 2.24) is 10.2 Å². The number of benzene rings is 1. The van der Waals surface area contributed by atoms with Gasteiger partial charge in [-0.15, -0.1) is 0 Å². The molecule has 2 unspecified atom stereocenters. The summed E-state index contributed by atoms with van der Waals surface area (Å²) >= 11 is 0. The topological polar surface area (TPSA) is 149 Å². The van der Waals surface area contributed by atoms with E-state index in [2.05, 4.69) is 15.3 Å². The lowest BCUT2D eigenvalue weighted by Gasteiger charge is -2.27. The van der Waals surface area contributed by atoms with Gasteiger partial charge in [-0.3, -0.25) is 33.6 Å². The van der Waals surface area contributed by atoms with Gasteiger partial charge in [0.1, 0.15) is 6.04 Å². The molecule has 10 nitrogen and oxygen atoms in total. The first-order valence-corrected chi connectivity index (χ1v) is 11.5. The minimum atomic E-state index is -1.47. The van der Waals surface area contributed by atoms with E-state index in [0.29, 0.717) is 23.6 Å². The summed E-state index contributed by atoms with van der Waals surface area (Å²) in [5.74, 6) is -2.00. The molecule has 11 heteroatoms. The fraction of sp³-hybridized carbons (Fsp3) is 0.500. The normalized spacial score (nSPS) is 19.1. The molecule has 0 radical (unpaired) electrons. The van der Waals surface area contributed by atoms with Gasteiger partial charge in [-0.2, -0.15) is 0 Å². The number of nitrogens with zero attached hydrogens (tertiary/aromatic N) is 4. The maximum absolute atomic E-state index is 13.0. The van der Waals surface area contributed by atoms with Crippen LogP contribution in [0.4, 0.5) is 0 Å². The number of hydrogen-bond acceptors (Lipinski definition) is 6. The molecule has 4 amide bonds. The van der Waals surface area contributed by atoms with Gasteiger partial charge >= 0.3 is 0 Å². The molecule has 0 aromatic heterocycles. The van der Waals surface area contributed by atoms with Crippen molar-refractivity contribution in [2.24, 2.45) is 5.11 Å². The standard InChI is InChI=1S/C20H23N5O5S/c21-24-22-11-4-2-1-3-5-12-31(30)15-8-6-7-13-17(15)20(29)25(19(13)28)14-9-10-16(26)23-18(14)27/h6-8,14H,1-5,9-12H2,(H,23,26,27). The summed E-state index contributed by atoms with van der Waals surface area (Å²) in [4.78, 5) is 53.3. The van der Waals surface area contributed by atoms with E-state index >= 15 is 0 Å². The summed E-state index contributed by atoms with van der Waals surface area (Å²) in [6.45, 7) is 0.471. The highest BCUT2D eigenvalue weighted by Crippen LogP contribution is 2.31. The van der Waals surface area contributed by atoms with Gasteiger partial charge in [0.25, 0.3) is 11.8 Å². The van der Waals surface area contributed by atoms with Gasteiger partial charge in [0, 0.05) is 23.6 Å². The Morgan fingerprint density at radius 1 is 1.10 bits per heavy atom. The van der Waals surface area contributed by atoms with E-state index in [0.717, 1.165) is 30.6 Å². The fourth-order valence-electron chi connectivity index (χ4n) is 3.77. The van der Waals surface area contributed by atoms with E-state index in [-0.39, 0.29) is 24.0 Å². The van der Waals surface area contributed by atoms with Gasteiger partial charge in [-0.25, -0.2) is 0 Å². The zero-order chi connectivity index (χ0) is 22.4. The molecule has 1 saturated heterocycles. The molecule has 3 rings (SSSR count). The van der Waals surface area contributed by atoms with Gasteiger partial charge in [0.2, 0.25) is 11.8 Å². The molecule has 1 fully saturated rings. The predicted octanol–water partition coefficient (Wildman–Crippen LogP) is 2.46. The number of hydrogen-bond donors (Lipinski definition) is 1. The molecule has 0 aliphatic carbocycles. The van der Waals surface area contributed by atoms with Crippen molar-refractivity contribution in [2.45, 2.75) is 55.9 Å². The molecule has 1 aromatic rings. The molecule has 2 heterocycles. The van der Waals surface area contributed by atoms with Crippen LogP contribution >= 0.6 is 0 Å². The van der Waals surface area contributed by atoms with Crippen LogP contribution in [-0.4, -0.2) is 51.1 Å². The van der Waals surface area contributed by atoms with Crippen molar-refractivity contribution >= 4 is 34.4 Å². The quantitative estimate of drug-likeness (QED) is 0.193. The number of nitrogens with one attached hydrogen (secondary N) is 1. The van der Waals surface area contributed by atoms with Crippen LogP contribution in [0.15, 0.2) is 28.2 Å². The summed E-state index contributed by atoms with van der Waals surface area (Å²) in [6.07, 6.45) is 4.32. The highest BCUT2D eigenvalue weighted by atomic mass is 32.2. The van der Waals surface area contributed by atoms with E-state index < -0.39 is 40.5 Å². The largest absolute Gasteiger partial charge is 0.295 e. The second-order valence-electron chi connectivity index (χ2n) is 7.40. The summed E-state index contributed by atoms with van der Waals surface area (Å²) in [6, 6.07) is 3.61. The summed E-state index contributed by atoms with van der Waals surface area (Å²) in [5, 5.41) is 5.64. The Balaban J connectivity index is 1.65. The summed E-state index contributed by atoms with van der Waals surface area (Å²) < 4.78 is 12.9. The maximum atomic E-state index is 13.0. The van der Waals surface area contributed by atoms with Crippen molar-refractivity contribution in [3.63, 3.8) is 0 Å². The summed E-state index contributed by atoms with van der Waals surface area (Å²) in [7, 11) is -1.47. The molecule has 0 saturated carbocycles. The minimum absolute atomic E-state index is 0.0471. The summed E-state index contributed by atoms with van der Waals surface area (Å²) in [5.41, 5.74) is 8.46. The van der Waals surface area contributed by atoms with Crippen LogP contribution < -0.4 is 5.32 Å². The number of piperidine rings is 1. The zero-order valence-electron chi connectivity index (χ0n) is 16.9. The number of carbonyl (C=O) groups is 4. The highest BCUT2D eigenvalue weighted by molar-refractivity contribution is 7.85. The van der Waals surface area contributed by atoms with Gasteiger partial charge in [-0.05, 0) is 36.9 Å². The lowest BCUT2D eigenvalue weighted by atomic mass is 10.0. The van der Waals surface area contributed by atoms with Crippen LogP contribution in [-0.2, 0) is 20.4 Å². The third-order valence-electron chi connectivity index (χ3n) is 5.33. The Bertz CT molecular complexity index is 988. The molecule has 1 aromatic carbocycles. The van der Waals surface area contributed by atoms with Crippen molar-refractivity contribution in [3.05, 3.63) is 39.8 Å². The second kappa shape index (κ2) is 10.3. The monoisotopic (exact) mass is 445 g/mol. The van der Waals surface area contributed by atoms with Gasteiger partial charge in [-0.1, -0.05) is 30.4 Å². The Morgan fingerprint density at radius 3 is 2.58 bits per heavy atom. The van der Waals surface area contributed by atoms with Crippen LogP contribution in [0.2, 0.25) is 0 Å². The smallest absolute Gasteiger partial charge is 0.263 e. The molecule has 0 spiro atoms.